The third-order valence-corrected chi connectivity index (χ3v) is 5.24. The van der Waals surface area contributed by atoms with Crippen molar-refractivity contribution in [2.24, 2.45) is 29.6 Å². The van der Waals surface area contributed by atoms with Crippen molar-refractivity contribution < 1.29 is 0 Å². The van der Waals surface area contributed by atoms with Crippen molar-refractivity contribution in [3.63, 3.8) is 0 Å². The van der Waals surface area contributed by atoms with Gasteiger partial charge >= 0.3 is 0 Å². The second-order valence-electron chi connectivity index (χ2n) is 7.00. The van der Waals surface area contributed by atoms with Gasteiger partial charge in [0.15, 0.2) is 0 Å². The zero-order chi connectivity index (χ0) is 13.7. The Morgan fingerprint density at radius 2 is 1.56 bits per heavy atom. The number of rotatable bonds is 6. The summed E-state index contributed by atoms with van der Waals surface area (Å²) >= 11 is 0. The van der Waals surface area contributed by atoms with E-state index in [-0.39, 0.29) is 0 Å². The first-order valence-corrected chi connectivity index (χ1v) is 8.20. The lowest BCUT2D eigenvalue weighted by molar-refractivity contribution is 0.0974. The average Bonchev–Trinajstić information content (AvgIpc) is 2.34. The first-order chi connectivity index (χ1) is 8.52. The van der Waals surface area contributed by atoms with Crippen molar-refractivity contribution >= 4 is 0 Å². The van der Waals surface area contributed by atoms with Crippen LogP contribution in [-0.2, 0) is 0 Å². The van der Waals surface area contributed by atoms with Gasteiger partial charge in [-0.1, -0.05) is 60.3 Å². The van der Waals surface area contributed by atoms with Crippen LogP contribution in [0.1, 0.15) is 66.7 Å². The van der Waals surface area contributed by atoms with Gasteiger partial charge in [-0.3, -0.25) is 0 Å². The molecule has 3 atom stereocenters. The van der Waals surface area contributed by atoms with Gasteiger partial charge in [0.25, 0.3) is 0 Å². The molecule has 0 spiro atoms. The van der Waals surface area contributed by atoms with Gasteiger partial charge in [-0.15, -0.1) is 0 Å². The van der Waals surface area contributed by atoms with Gasteiger partial charge in [-0.05, 0) is 43.1 Å². The van der Waals surface area contributed by atoms with Crippen LogP contribution in [0.2, 0.25) is 0 Å². The lowest BCUT2D eigenvalue weighted by Crippen LogP contribution is -2.47. The van der Waals surface area contributed by atoms with Crippen molar-refractivity contribution in [3.05, 3.63) is 0 Å². The Morgan fingerprint density at radius 1 is 1.00 bits per heavy atom. The summed E-state index contributed by atoms with van der Waals surface area (Å²) in [6.07, 6.45) is 7.18. The topological polar surface area (TPSA) is 12.0 Å². The molecule has 1 aliphatic carbocycles. The molecule has 1 saturated carbocycles. The van der Waals surface area contributed by atoms with E-state index in [1.807, 2.05) is 0 Å². The van der Waals surface area contributed by atoms with Crippen LogP contribution in [-0.4, -0.2) is 13.1 Å². The largest absolute Gasteiger partial charge is 0.316 e. The summed E-state index contributed by atoms with van der Waals surface area (Å²) < 4.78 is 0. The molecule has 0 aliphatic heterocycles. The summed E-state index contributed by atoms with van der Waals surface area (Å²) in [5.41, 5.74) is 0. The van der Waals surface area contributed by atoms with Crippen molar-refractivity contribution in [1.29, 1.82) is 0 Å². The van der Waals surface area contributed by atoms with E-state index in [9.17, 15) is 0 Å². The fourth-order valence-corrected chi connectivity index (χ4v) is 4.51. The van der Waals surface area contributed by atoms with Crippen molar-refractivity contribution in [2.75, 3.05) is 7.05 Å². The van der Waals surface area contributed by atoms with E-state index in [1.54, 1.807) is 0 Å². The standard InChI is InChI=1S/C17H35N/c1-7-14-10-8-9-11-15(14)17(18-6)16(12(2)3)13(4)5/h12-18H,7-11H2,1-6H3. The Bertz CT molecular complexity index is 214. The van der Waals surface area contributed by atoms with Gasteiger partial charge in [0.05, 0.1) is 0 Å². The van der Waals surface area contributed by atoms with E-state index < -0.39 is 0 Å². The second kappa shape index (κ2) is 7.53. The average molecular weight is 253 g/mol. The molecular formula is C17H35N. The molecule has 1 N–H and O–H groups in total. The maximum absolute atomic E-state index is 3.70. The van der Waals surface area contributed by atoms with Gasteiger partial charge in [0.1, 0.15) is 0 Å². The molecule has 0 aromatic carbocycles. The molecule has 3 unspecified atom stereocenters. The normalized spacial score (nSPS) is 27.2. The maximum atomic E-state index is 3.70. The highest BCUT2D eigenvalue weighted by Gasteiger charge is 2.36. The van der Waals surface area contributed by atoms with E-state index in [0.717, 1.165) is 35.6 Å². The van der Waals surface area contributed by atoms with Crippen LogP contribution < -0.4 is 5.32 Å². The number of nitrogens with one attached hydrogen (secondary N) is 1. The minimum Gasteiger partial charge on any atom is -0.316 e. The molecule has 0 aromatic heterocycles. The first-order valence-electron chi connectivity index (χ1n) is 8.20. The summed E-state index contributed by atoms with van der Waals surface area (Å²) in [7, 11) is 2.18. The number of hydrogen-bond donors (Lipinski definition) is 1. The van der Waals surface area contributed by atoms with E-state index in [4.69, 9.17) is 0 Å². The fraction of sp³-hybridized carbons (Fsp3) is 1.00. The molecule has 0 amide bonds. The highest BCUT2D eigenvalue weighted by atomic mass is 14.9. The van der Waals surface area contributed by atoms with Gasteiger partial charge < -0.3 is 5.32 Å². The van der Waals surface area contributed by atoms with E-state index in [1.165, 1.54) is 32.1 Å². The third kappa shape index (κ3) is 3.73. The fourth-order valence-electron chi connectivity index (χ4n) is 4.51. The van der Waals surface area contributed by atoms with Gasteiger partial charge in [0.2, 0.25) is 0 Å². The molecule has 1 nitrogen and oxygen atoms in total. The summed E-state index contributed by atoms with van der Waals surface area (Å²) in [5, 5.41) is 3.70. The predicted molar refractivity (Wildman–Crippen MR) is 81.8 cm³/mol. The van der Waals surface area contributed by atoms with Crippen LogP contribution in [0.5, 0.6) is 0 Å². The Labute approximate surface area is 115 Å². The maximum Gasteiger partial charge on any atom is 0.0128 e. The first kappa shape index (κ1) is 16.0. The van der Waals surface area contributed by atoms with E-state index in [2.05, 4.69) is 47.0 Å². The molecule has 1 heteroatoms. The highest BCUT2D eigenvalue weighted by molar-refractivity contribution is 4.90. The SMILES string of the molecule is CCC1CCCCC1C(NC)C(C(C)C)C(C)C. The summed E-state index contributed by atoms with van der Waals surface area (Å²) in [5.74, 6) is 4.23. The second-order valence-corrected chi connectivity index (χ2v) is 7.00. The lowest BCUT2D eigenvalue weighted by Gasteiger charge is -2.43. The van der Waals surface area contributed by atoms with Gasteiger partial charge in [0, 0.05) is 6.04 Å². The molecular weight excluding hydrogens is 218 g/mol. The van der Waals surface area contributed by atoms with Crippen LogP contribution in [0.4, 0.5) is 0 Å². The molecule has 1 fully saturated rings. The molecule has 0 bridgehead atoms. The monoisotopic (exact) mass is 253 g/mol. The lowest BCUT2D eigenvalue weighted by atomic mass is 9.66. The summed E-state index contributed by atoms with van der Waals surface area (Å²) in [6.45, 7) is 12.0. The minimum absolute atomic E-state index is 0.718. The molecule has 108 valence electrons. The molecule has 1 aliphatic rings. The molecule has 1 rings (SSSR count). The summed E-state index contributed by atoms with van der Waals surface area (Å²) in [4.78, 5) is 0. The zero-order valence-corrected chi connectivity index (χ0v) is 13.5. The quantitative estimate of drug-likeness (QED) is 0.722. The van der Waals surface area contributed by atoms with Gasteiger partial charge in [-0.2, -0.15) is 0 Å². The Morgan fingerprint density at radius 3 is 2.00 bits per heavy atom. The Hall–Kier alpha value is -0.0400. The smallest absolute Gasteiger partial charge is 0.0128 e. The van der Waals surface area contributed by atoms with Crippen LogP contribution in [0, 0.1) is 29.6 Å². The van der Waals surface area contributed by atoms with E-state index in [0.29, 0.717) is 0 Å². The highest BCUT2D eigenvalue weighted by Crippen LogP contribution is 2.39. The van der Waals surface area contributed by atoms with Crippen LogP contribution in [0.3, 0.4) is 0 Å². The molecule has 0 heterocycles. The summed E-state index contributed by atoms with van der Waals surface area (Å²) in [6, 6.07) is 0.718. The van der Waals surface area contributed by atoms with Crippen LogP contribution >= 0.6 is 0 Å². The van der Waals surface area contributed by atoms with Crippen LogP contribution in [0.15, 0.2) is 0 Å². The Balaban J connectivity index is 2.84. The third-order valence-electron chi connectivity index (χ3n) is 5.24. The minimum atomic E-state index is 0.718. The van der Waals surface area contributed by atoms with Crippen molar-refractivity contribution in [3.8, 4) is 0 Å². The zero-order valence-electron chi connectivity index (χ0n) is 13.5. The molecule has 0 radical (unpaired) electrons. The Kier molecular flexibility index (Phi) is 6.70. The molecule has 0 aromatic rings. The van der Waals surface area contributed by atoms with Gasteiger partial charge in [-0.25, -0.2) is 0 Å². The molecule has 0 saturated heterocycles. The number of hydrogen-bond acceptors (Lipinski definition) is 1. The van der Waals surface area contributed by atoms with Crippen LogP contribution in [0.25, 0.3) is 0 Å². The predicted octanol–water partition coefficient (Wildman–Crippen LogP) is 4.72. The van der Waals surface area contributed by atoms with Crippen molar-refractivity contribution in [2.45, 2.75) is 72.8 Å². The molecule has 18 heavy (non-hydrogen) atoms. The van der Waals surface area contributed by atoms with E-state index >= 15 is 0 Å². The van der Waals surface area contributed by atoms with Crippen molar-refractivity contribution in [1.82, 2.24) is 5.32 Å².